The second-order valence-electron chi connectivity index (χ2n) is 10.8. The molecule has 0 bridgehead atoms. The summed E-state index contributed by atoms with van der Waals surface area (Å²) in [5.41, 5.74) is 4.70. The SMILES string of the molecule is CCC(CC)(CCP(=O)(O)O)N(c1cc2oc(-c3ccc(F)cc3)c(C3=NCCON3)c2cc1C1CC1)S(C)(=O)=O. The molecule has 1 saturated carbocycles. The van der Waals surface area contributed by atoms with E-state index in [1.807, 2.05) is 19.9 Å². The Morgan fingerprint density at radius 2 is 1.85 bits per heavy atom. The van der Waals surface area contributed by atoms with Gasteiger partial charge in [-0.3, -0.25) is 18.7 Å². The molecular formula is C28H35FN3O7PS. The minimum absolute atomic E-state index is 0.0121. The average molecular weight is 608 g/mol. The summed E-state index contributed by atoms with van der Waals surface area (Å²) in [6.07, 6.45) is 3.13. The molecule has 41 heavy (non-hydrogen) atoms. The van der Waals surface area contributed by atoms with Crippen LogP contribution in [0, 0.1) is 5.82 Å². The van der Waals surface area contributed by atoms with Crippen molar-refractivity contribution >= 4 is 40.1 Å². The van der Waals surface area contributed by atoms with E-state index < -0.39 is 35.1 Å². The lowest BCUT2D eigenvalue weighted by Crippen LogP contribution is -2.52. The fourth-order valence-electron chi connectivity index (χ4n) is 5.70. The van der Waals surface area contributed by atoms with Gasteiger partial charge in [0.05, 0.1) is 42.4 Å². The van der Waals surface area contributed by atoms with Crippen LogP contribution in [-0.2, 0) is 19.4 Å². The molecule has 2 aliphatic rings. The van der Waals surface area contributed by atoms with Crippen LogP contribution in [0.3, 0.4) is 0 Å². The Labute approximate surface area is 238 Å². The Bertz CT molecular complexity index is 1620. The molecule has 1 aromatic heterocycles. The number of anilines is 1. The molecule has 0 spiro atoms. The van der Waals surface area contributed by atoms with Crippen LogP contribution in [0.1, 0.15) is 63.0 Å². The monoisotopic (exact) mass is 607 g/mol. The zero-order valence-electron chi connectivity index (χ0n) is 23.3. The molecule has 0 saturated heterocycles. The first-order valence-corrected chi connectivity index (χ1v) is 17.4. The van der Waals surface area contributed by atoms with E-state index in [9.17, 15) is 27.2 Å². The van der Waals surface area contributed by atoms with Crippen molar-refractivity contribution in [2.45, 2.75) is 57.4 Å². The van der Waals surface area contributed by atoms with E-state index in [0.717, 1.165) is 24.7 Å². The number of benzene rings is 2. The number of fused-ring (bicyclic) bond motifs is 1. The van der Waals surface area contributed by atoms with Crippen molar-refractivity contribution in [1.29, 1.82) is 0 Å². The number of nitrogens with one attached hydrogen (secondary N) is 1. The van der Waals surface area contributed by atoms with E-state index in [1.54, 1.807) is 18.2 Å². The molecule has 13 heteroatoms. The van der Waals surface area contributed by atoms with Crippen molar-refractivity contribution in [3.05, 3.63) is 53.3 Å². The number of sulfonamides is 1. The zero-order valence-corrected chi connectivity index (χ0v) is 25.0. The van der Waals surface area contributed by atoms with Crippen LogP contribution in [0.5, 0.6) is 0 Å². The van der Waals surface area contributed by atoms with Gasteiger partial charge in [-0.25, -0.2) is 18.3 Å². The molecule has 0 atom stereocenters. The number of amidine groups is 1. The van der Waals surface area contributed by atoms with Crippen LogP contribution in [0.4, 0.5) is 10.1 Å². The molecule has 5 rings (SSSR count). The Kier molecular flexibility index (Phi) is 8.08. The minimum atomic E-state index is -4.39. The lowest BCUT2D eigenvalue weighted by Gasteiger charge is -2.44. The smallest absolute Gasteiger partial charge is 0.325 e. The number of hydrogen-bond acceptors (Lipinski definition) is 7. The summed E-state index contributed by atoms with van der Waals surface area (Å²) in [6, 6.07) is 9.53. The highest BCUT2D eigenvalue weighted by atomic mass is 32.2. The summed E-state index contributed by atoms with van der Waals surface area (Å²) in [5, 5.41) is 0.703. The van der Waals surface area contributed by atoms with Crippen LogP contribution < -0.4 is 9.79 Å². The Morgan fingerprint density at radius 3 is 2.39 bits per heavy atom. The summed E-state index contributed by atoms with van der Waals surface area (Å²) in [5.74, 6) is 0.610. The van der Waals surface area contributed by atoms with Crippen molar-refractivity contribution in [1.82, 2.24) is 5.48 Å². The highest BCUT2D eigenvalue weighted by Gasteiger charge is 2.43. The van der Waals surface area contributed by atoms with Gasteiger partial charge in [-0.1, -0.05) is 13.8 Å². The molecule has 0 radical (unpaired) electrons. The van der Waals surface area contributed by atoms with Crippen LogP contribution >= 0.6 is 7.60 Å². The summed E-state index contributed by atoms with van der Waals surface area (Å²) in [7, 11) is -8.29. The summed E-state index contributed by atoms with van der Waals surface area (Å²) in [4.78, 5) is 29.4. The summed E-state index contributed by atoms with van der Waals surface area (Å²) < 4.78 is 60.5. The molecule has 3 N–H and O–H groups in total. The number of hydroxylamine groups is 1. The molecule has 0 amide bonds. The second kappa shape index (κ2) is 11.1. The standard InChI is InChI=1S/C28H35FN3O7PS/c1-4-28(5-2,12-15-40(33,34)35)32(41(3,36)37)23-17-24-22(16-21(23)18-6-7-18)25(27-30-13-14-38-31-27)26(39-24)19-8-10-20(29)11-9-19/h8-11,16-18H,4-7,12-15H2,1-3H3,(H,30,31)(H2,33,34,35). The molecule has 1 aliphatic heterocycles. The highest BCUT2D eigenvalue weighted by molar-refractivity contribution is 7.92. The molecule has 2 heterocycles. The van der Waals surface area contributed by atoms with Crippen LogP contribution in [0.25, 0.3) is 22.3 Å². The normalized spacial score (nSPS) is 16.5. The predicted molar refractivity (Wildman–Crippen MR) is 156 cm³/mol. The van der Waals surface area contributed by atoms with Gasteiger partial charge in [-0.2, -0.15) is 0 Å². The number of rotatable bonds is 11. The van der Waals surface area contributed by atoms with Gasteiger partial charge in [0, 0.05) is 17.0 Å². The topological polar surface area (TPSA) is 142 Å². The lowest BCUT2D eigenvalue weighted by molar-refractivity contribution is 0.0827. The molecule has 222 valence electrons. The molecule has 10 nitrogen and oxygen atoms in total. The van der Waals surface area contributed by atoms with Crippen molar-refractivity contribution in [2.24, 2.45) is 4.99 Å². The second-order valence-corrected chi connectivity index (χ2v) is 14.4. The van der Waals surface area contributed by atoms with E-state index in [1.165, 1.54) is 16.4 Å². The molecular weight excluding hydrogens is 572 g/mol. The fourth-order valence-corrected chi connectivity index (χ4v) is 7.98. The minimum Gasteiger partial charge on any atom is -0.455 e. The first-order valence-electron chi connectivity index (χ1n) is 13.7. The zero-order chi connectivity index (χ0) is 29.6. The van der Waals surface area contributed by atoms with E-state index >= 15 is 0 Å². The molecule has 3 aromatic rings. The first-order chi connectivity index (χ1) is 19.4. The maximum absolute atomic E-state index is 13.8. The van der Waals surface area contributed by atoms with Gasteiger partial charge in [0.1, 0.15) is 17.2 Å². The Balaban J connectivity index is 1.78. The van der Waals surface area contributed by atoms with Gasteiger partial charge in [-0.15, -0.1) is 0 Å². The predicted octanol–water partition coefficient (Wildman–Crippen LogP) is 5.29. The van der Waals surface area contributed by atoms with Gasteiger partial charge >= 0.3 is 7.60 Å². The maximum Gasteiger partial charge on any atom is 0.325 e. The molecule has 1 aliphatic carbocycles. The van der Waals surface area contributed by atoms with Crippen molar-refractivity contribution in [2.75, 3.05) is 29.9 Å². The van der Waals surface area contributed by atoms with Gasteiger partial charge < -0.3 is 14.2 Å². The van der Waals surface area contributed by atoms with Gasteiger partial charge in [0.25, 0.3) is 0 Å². The summed E-state index contributed by atoms with van der Waals surface area (Å²) in [6.45, 7) is 4.50. The maximum atomic E-state index is 13.8. The fraction of sp³-hybridized carbons (Fsp3) is 0.464. The average Bonchev–Trinajstić information content (AvgIpc) is 3.70. The number of furan rings is 1. The largest absolute Gasteiger partial charge is 0.455 e. The lowest BCUT2D eigenvalue weighted by atomic mass is 9.88. The third kappa shape index (κ3) is 6.08. The molecule has 1 fully saturated rings. The summed E-state index contributed by atoms with van der Waals surface area (Å²) >= 11 is 0. The van der Waals surface area contributed by atoms with E-state index in [0.29, 0.717) is 65.4 Å². The number of aliphatic imine (C=N–C) groups is 1. The van der Waals surface area contributed by atoms with E-state index in [2.05, 4.69) is 10.5 Å². The van der Waals surface area contributed by atoms with Crippen molar-refractivity contribution in [3.8, 4) is 11.3 Å². The number of hydrogen-bond donors (Lipinski definition) is 3. The van der Waals surface area contributed by atoms with E-state index in [-0.39, 0.29) is 12.3 Å². The van der Waals surface area contributed by atoms with Crippen LogP contribution in [0.15, 0.2) is 45.8 Å². The van der Waals surface area contributed by atoms with Crippen LogP contribution in [0.2, 0.25) is 0 Å². The van der Waals surface area contributed by atoms with E-state index in [4.69, 9.17) is 9.25 Å². The molecule has 0 unspecified atom stereocenters. The van der Waals surface area contributed by atoms with Crippen molar-refractivity contribution in [3.63, 3.8) is 0 Å². The molecule has 2 aromatic carbocycles. The number of nitrogens with zero attached hydrogens (tertiary/aromatic N) is 2. The van der Waals surface area contributed by atoms with Gasteiger partial charge in [0.2, 0.25) is 10.0 Å². The van der Waals surface area contributed by atoms with Gasteiger partial charge in [0.15, 0.2) is 5.84 Å². The third-order valence-electron chi connectivity index (χ3n) is 8.00. The Morgan fingerprint density at radius 1 is 1.17 bits per heavy atom. The number of halogens is 1. The third-order valence-corrected chi connectivity index (χ3v) is 10.0. The quantitative estimate of drug-likeness (QED) is 0.250. The van der Waals surface area contributed by atoms with Gasteiger partial charge in [-0.05, 0) is 73.9 Å². The van der Waals surface area contributed by atoms with Crippen molar-refractivity contribution < 1.29 is 36.4 Å². The van der Waals surface area contributed by atoms with Crippen LogP contribution in [-0.4, -0.2) is 55.1 Å². The first kappa shape index (κ1) is 29.7. The highest BCUT2D eigenvalue weighted by Crippen LogP contribution is 2.51. The Hall–Kier alpha value is -2.76.